The predicted octanol–water partition coefficient (Wildman–Crippen LogP) is 2.63. The Morgan fingerprint density at radius 2 is 2.05 bits per heavy atom. The van der Waals surface area contributed by atoms with E-state index in [-0.39, 0.29) is 5.78 Å². The van der Waals surface area contributed by atoms with E-state index in [4.69, 9.17) is 5.73 Å². The fraction of sp³-hybridized carbons (Fsp3) is 0.750. The molecule has 1 atom stereocenters. The molecule has 1 heterocycles. The first-order valence-corrected chi connectivity index (χ1v) is 7.93. The number of ketones is 1. The Bertz CT molecular complexity index is 482. The molecule has 3 rings (SSSR count). The fourth-order valence-corrected chi connectivity index (χ4v) is 3.29. The van der Waals surface area contributed by atoms with Crippen LogP contribution in [0.4, 0.5) is 0 Å². The van der Waals surface area contributed by atoms with E-state index in [0.29, 0.717) is 18.4 Å². The average Bonchev–Trinajstić information content (AvgIpc) is 3.21. The second-order valence-corrected chi connectivity index (χ2v) is 6.74. The minimum atomic E-state index is -0.658. The molecule has 0 saturated heterocycles. The zero-order chi connectivity index (χ0) is 14.2. The fourth-order valence-electron chi connectivity index (χ4n) is 3.29. The Morgan fingerprint density at radius 3 is 2.70 bits per heavy atom. The molecule has 2 fully saturated rings. The number of Topliss-reactive ketones (excluding diaryl/α,β-unsaturated/α-hetero) is 1. The topological polar surface area (TPSA) is 60.9 Å². The van der Waals surface area contributed by atoms with E-state index in [1.807, 2.05) is 19.2 Å². The SMILES string of the molecule is CC(N)(C(=O)Cc1ccn(C2CCCCC2)n1)C1CC1. The molecule has 20 heavy (non-hydrogen) atoms. The smallest absolute Gasteiger partial charge is 0.158 e. The molecule has 2 aliphatic carbocycles. The van der Waals surface area contributed by atoms with Crippen LogP contribution in [0.3, 0.4) is 0 Å². The zero-order valence-electron chi connectivity index (χ0n) is 12.3. The summed E-state index contributed by atoms with van der Waals surface area (Å²) in [5.74, 6) is 0.518. The van der Waals surface area contributed by atoms with Crippen LogP contribution in [-0.4, -0.2) is 21.1 Å². The summed E-state index contributed by atoms with van der Waals surface area (Å²) in [7, 11) is 0. The van der Waals surface area contributed by atoms with Crippen LogP contribution >= 0.6 is 0 Å². The van der Waals surface area contributed by atoms with Crippen LogP contribution in [0.1, 0.15) is 63.6 Å². The lowest BCUT2D eigenvalue weighted by Gasteiger charge is -2.23. The lowest BCUT2D eigenvalue weighted by atomic mass is 9.89. The van der Waals surface area contributed by atoms with Crippen LogP contribution in [0, 0.1) is 5.92 Å². The van der Waals surface area contributed by atoms with Gasteiger partial charge in [0.05, 0.1) is 23.7 Å². The lowest BCUT2D eigenvalue weighted by Crippen LogP contribution is -2.48. The second kappa shape index (κ2) is 5.32. The van der Waals surface area contributed by atoms with Crippen molar-refractivity contribution in [3.05, 3.63) is 18.0 Å². The standard InChI is InChI=1S/C16H25N3O/c1-16(17,12-7-8-12)15(20)11-13-9-10-19(18-13)14-5-3-2-4-6-14/h9-10,12,14H,2-8,11,17H2,1H3. The molecule has 0 radical (unpaired) electrons. The number of carbonyl (C=O) groups excluding carboxylic acids is 1. The second-order valence-electron chi connectivity index (χ2n) is 6.74. The Kier molecular flexibility index (Phi) is 3.67. The Morgan fingerprint density at radius 1 is 1.35 bits per heavy atom. The van der Waals surface area contributed by atoms with Gasteiger partial charge in [0.25, 0.3) is 0 Å². The number of carbonyl (C=O) groups is 1. The van der Waals surface area contributed by atoms with Crippen molar-refractivity contribution in [2.24, 2.45) is 11.7 Å². The van der Waals surface area contributed by atoms with Crippen molar-refractivity contribution in [3.63, 3.8) is 0 Å². The molecule has 4 nitrogen and oxygen atoms in total. The number of rotatable bonds is 5. The minimum absolute atomic E-state index is 0.133. The van der Waals surface area contributed by atoms with E-state index >= 15 is 0 Å². The van der Waals surface area contributed by atoms with Gasteiger partial charge in [0.2, 0.25) is 0 Å². The van der Waals surface area contributed by atoms with Crippen LogP contribution in [-0.2, 0) is 11.2 Å². The summed E-state index contributed by atoms with van der Waals surface area (Å²) < 4.78 is 2.06. The quantitative estimate of drug-likeness (QED) is 0.898. The van der Waals surface area contributed by atoms with Crippen molar-refractivity contribution in [2.45, 2.75) is 69.9 Å². The largest absolute Gasteiger partial charge is 0.319 e. The van der Waals surface area contributed by atoms with Crippen LogP contribution < -0.4 is 5.73 Å². The van der Waals surface area contributed by atoms with Gasteiger partial charge < -0.3 is 5.73 Å². The molecule has 0 aliphatic heterocycles. The maximum absolute atomic E-state index is 12.3. The third-order valence-electron chi connectivity index (χ3n) is 4.98. The van der Waals surface area contributed by atoms with Gasteiger partial charge in [-0.05, 0) is 44.6 Å². The molecule has 110 valence electrons. The van der Waals surface area contributed by atoms with Crippen LogP contribution in [0.15, 0.2) is 12.3 Å². The molecule has 0 aromatic carbocycles. The summed E-state index contributed by atoms with van der Waals surface area (Å²) in [5, 5.41) is 4.61. The molecule has 0 spiro atoms. The molecule has 2 aliphatic rings. The van der Waals surface area contributed by atoms with Crippen molar-refractivity contribution in [3.8, 4) is 0 Å². The summed E-state index contributed by atoms with van der Waals surface area (Å²) in [4.78, 5) is 12.3. The molecule has 0 amide bonds. The van der Waals surface area contributed by atoms with E-state index in [1.165, 1.54) is 32.1 Å². The zero-order valence-corrected chi connectivity index (χ0v) is 12.3. The maximum Gasteiger partial charge on any atom is 0.158 e. The van der Waals surface area contributed by atoms with Crippen molar-refractivity contribution in [1.29, 1.82) is 0 Å². The van der Waals surface area contributed by atoms with Gasteiger partial charge in [-0.3, -0.25) is 9.48 Å². The summed E-state index contributed by atoms with van der Waals surface area (Å²) in [5.41, 5.74) is 6.39. The highest BCUT2D eigenvalue weighted by molar-refractivity contribution is 5.90. The molecule has 0 bridgehead atoms. The normalized spacial score (nSPS) is 23.5. The molecular weight excluding hydrogens is 250 g/mol. The van der Waals surface area contributed by atoms with E-state index in [1.54, 1.807) is 0 Å². The van der Waals surface area contributed by atoms with Gasteiger partial charge in [0, 0.05) is 6.20 Å². The molecule has 4 heteroatoms. The molecule has 1 unspecified atom stereocenters. The lowest BCUT2D eigenvalue weighted by molar-refractivity contribution is -0.123. The summed E-state index contributed by atoms with van der Waals surface area (Å²) in [6.45, 7) is 1.88. The molecule has 2 saturated carbocycles. The van der Waals surface area contributed by atoms with Crippen molar-refractivity contribution in [1.82, 2.24) is 9.78 Å². The average molecular weight is 275 g/mol. The third kappa shape index (κ3) is 2.80. The Labute approximate surface area is 120 Å². The number of aromatic nitrogens is 2. The monoisotopic (exact) mass is 275 g/mol. The first kappa shape index (κ1) is 13.8. The van der Waals surface area contributed by atoms with Gasteiger partial charge in [-0.2, -0.15) is 5.10 Å². The van der Waals surface area contributed by atoms with E-state index in [0.717, 1.165) is 18.5 Å². The Hall–Kier alpha value is -1.16. The highest BCUT2D eigenvalue weighted by atomic mass is 16.1. The summed E-state index contributed by atoms with van der Waals surface area (Å²) in [6.07, 6.45) is 11.0. The number of nitrogens with zero attached hydrogens (tertiary/aromatic N) is 2. The van der Waals surface area contributed by atoms with Gasteiger partial charge in [-0.15, -0.1) is 0 Å². The third-order valence-corrected chi connectivity index (χ3v) is 4.98. The molecular formula is C16H25N3O. The molecule has 1 aromatic heterocycles. The van der Waals surface area contributed by atoms with Crippen LogP contribution in [0.25, 0.3) is 0 Å². The maximum atomic E-state index is 12.3. The van der Waals surface area contributed by atoms with Crippen molar-refractivity contribution in [2.75, 3.05) is 0 Å². The van der Waals surface area contributed by atoms with E-state index in [2.05, 4.69) is 9.78 Å². The molecule has 1 aromatic rings. The van der Waals surface area contributed by atoms with Crippen LogP contribution in [0.5, 0.6) is 0 Å². The van der Waals surface area contributed by atoms with Crippen molar-refractivity contribution < 1.29 is 4.79 Å². The van der Waals surface area contributed by atoms with Gasteiger partial charge in [-0.25, -0.2) is 0 Å². The molecule has 2 N–H and O–H groups in total. The number of nitrogens with two attached hydrogens (primary N) is 1. The summed E-state index contributed by atoms with van der Waals surface area (Å²) in [6, 6.07) is 2.51. The predicted molar refractivity (Wildman–Crippen MR) is 78.4 cm³/mol. The van der Waals surface area contributed by atoms with Gasteiger partial charge in [0.1, 0.15) is 0 Å². The summed E-state index contributed by atoms with van der Waals surface area (Å²) >= 11 is 0. The van der Waals surface area contributed by atoms with Crippen LogP contribution in [0.2, 0.25) is 0 Å². The van der Waals surface area contributed by atoms with E-state index < -0.39 is 5.54 Å². The highest BCUT2D eigenvalue weighted by Gasteiger charge is 2.43. The number of hydrogen-bond acceptors (Lipinski definition) is 3. The first-order valence-electron chi connectivity index (χ1n) is 7.93. The number of hydrogen-bond donors (Lipinski definition) is 1. The van der Waals surface area contributed by atoms with Crippen molar-refractivity contribution >= 4 is 5.78 Å². The van der Waals surface area contributed by atoms with Gasteiger partial charge in [-0.1, -0.05) is 19.3 Å². The highest BCUT2D eigenvalue weighted by Crippen LogP contribution is 2.39. The Balaban J connectivity index is 1.63. The van der Waals surface area contributed by atoms with Gasteiger partial charge in [0.15, 0.2) is 5.78 Å². The first-order chi connectivity index (χ1) is 9.57. The minimum Gasteiger partial charge on any atom is -0.319 e. The van der Waals surface area contributed by atoms with Gasteiger partial charge >= 0.3 is 0 Å². The van der Waals surface area contributed by atoms with E-state index in [9.17, 15) is 4.79 Å².